The van der Waals surface area contributed by atoms with E-state index in [2.05, 4.69) is 14.9 Å². The Morgan fingerprint density at radius 1 is 1.32 bits per heavy atom. The average Bonchev–Trinajstić information content (AvgIpc) is 3.14. The van der Waals surface area contributed by atoms with Crippen molar-refractivity contribution in [2.24, 2.45) is 0 Å². The van der Waals surface area contributed by atoms with E-state index in [0.29, 0.717) is 41.7 Å². The second-order valence-corrected chi connectivity index (χ2v) is 6.41. The molecule has 7 heteroatoms. The van der Waals surface area contributed by atoms with Crippen molar-refractivity contribution in [3.63, 3.8) is 0 Å². The van der Waals surface area contributed by atoms with Crippen LogP contribution in [0, 0.1) is 0 Å². The van der Waals surface area contributed by atoms with Crippen LogP contribution in [0.1, 0.15) is 16.8 Å². The number of aromatic hydroxyl groups is 1. The molecule has 0 bridgehead atoms. The van der Waals surface area contributed by atoms with E-state index >= 15 is 0 Å². The van der Waals surface area contributed by atoms with E-state index in [1.807, 2.05) is 6.07 Å². The van der Waals surface area contributed by atoms with Crippen molar-refractivity contribution in [2.75, 3.05) is 6.54 Å². The molecule has 0 saturated heterocycles. The summed E-state index contributed by atoms with van der Waals surface area (Å²) in [6, 6.07) is 8.72. The standard InChI is InChI=1S/C18H16ClN3O3/c19-16-11(3-1-4-14(16)23)9-22-7-6-13-12(10-22)18(24)21-17(20-13)15-5-2-8-25-15/h1-5,8,23H,6-7,9-10H2,(H,20,21,24). The fourth-order valence-electron chi connectivity index (χ4n) is 3.08. The molecule has 0 fully saturated rings. The van der Waals surface area contributed by atoms with Crippen molar-refractivity contribution in [1.82, 2.24) is 14.9 Å². The highest BCUT2D eigenvalue weighted by Gasteiger charge is 2.22. The van der Waals surface area contributed by atoms with Gasteiger partial charge in [0.05, 0.1) is 22.5 Å². The predicted octanol–water partition coefficient (Wildman–Crippen LogP) is 2.95. The number of rotatable bonds is 3. The zero-order valence-electron chi connectivity index (χ0n) is 13.3. The molecule has 3 aromatic rings. The molecule has 2 aromatic heterocycles. The molecule has 6 nitrogen and oxygen atoms in total. The molecule has 25 heavy (non-hydrogen) atoms. The summed E-state index contributed by atoms with van der Waals surface area (Å²) in [6.45, 7) is 1.81. The normalized spacial score (nSPS) is 14.4. The molecule has 0 spiro atoms. The van der Waals surface area contributed by atoms with Gasteiger partial charge in [-0.2, -0.15) is 0 Å². The summed E-state index contributed by atoms with van der Waals surface area (Å²) in [5.74, 6) is 1.08. The van der Waals surface area contributed by atoms with Crippen LogP contribution in [0.15, 0.2) is 45.8 Å². The smallest absolute Gasteiger partial charge is 0.256 e. The minimum absolute atomic E-state index is 0.0687. The van der Waals surface area contributed by atoms with Gasteiger partial charge in [0, 0.05) is 26.1 Å². The van der Waals surface area contributed by atoms with Crippen LogP contribution < -0.4 is 5.56 Å². The SMILES string of the molecule is O=c1[nH]c(-c2ccco2)nc2c1CN(Cc1cccc(O)c1Cl)CC2. The molecule has 0 unspecified atom stereocenters. The topological polar surface area (TPSA) is 82.4 Å². The van der Waals surface area contributed by atoms with Gasteiger partial charge < -0.3 is 14.5 Å². The van der Waals surface area contributed by atoms with E-state index in [4.69, 9.17) is 16.0 Å². The quantitative estimate of drug-likeness (QED) is 0.753. The summed E-state index contributed by atoms with van der Waals surface area (Å²) in [5, 5.41) is 10.1. The van der Waals surface area contributed by atoms with Crippen LogP contribution >= 0.6 is 11.6 Å². The Morgan fingerprint density at radius 2 is 2.20 bits per heavy atom. The Hall–Kier alpha value is -2.57. The zero-order valence-corrected chi connectivity index (χ0v) is 14.1. The van der Waals surface area contributed by atoms with E-state index in [1.165, 1.54) is 0 Å². The molecule has 0 atom stereocenters. The molecule has 4 rings (SSSR count). The molecule has 0 saturated carbocycles. The fourth-order valence-corrected chi connectivity index (χ4v) is 3.26. The lowest BCUT2D eigenvalue weighted by Gasteiger charge is -2.28. The largest absolute Gasteiger partial charge is 0.506 e. The number of phenolic OH excluding ortho intramolecular Hbond substituents is 1. The summed E-state index contributed by atoms with van der Waals surface area (Å²) in [4.78, 5) is 21.9. The first kappa shape index (κ1) is 15.9. The number of benzene rings is 1. The number of aromatic amines is 1. The highest BCUT2D eigenvalue weighted by Crippen LogP contribution is 2.28. The van der Waals surface area contributed by atoms with Gasteiger partial charge in [-0.3, -0.25) is 9.69 Å². The van der Waals surface area contributed by atoms with Crippen LogP contribution in [0.5, 0.6) is 5.75 Å². The number of halogens is 1. The monoisotopic (exact) mass is 357 g/mol. The van der Waals surface area contributed by atoms with Gasteiger partial charge in [-0.15, -0.1) is 0 Å². The predicted molar refractivity (Wildman–Crippen MR) is 93.5 cm³/mol. The average molecular weight is 358 g/mol. The molecular weight excluding hydrogens is 342 g/mol. The van der Waals surface area contributed by atoms with Gasteiger partial charge in [0.15, 0.2) is 11.6 Å². The molecular formula is C18H16ClN3O3. The van der Waals surface area contributed by atoms with Crippen LogP contribution in [0.3, 0.4) is 0 Å². The van der Waals surface area contributed by atoms with Gasteiger partial charge in [-0.25, -0.2) is 4.98 Å². The number of hydrogen-bond donors (Lipinski definition) is 2. The summed E-state index contributed by atoms with van der Waals surface area (Å²) >= 11 is 6.15. The van der Waals surface area contributed by atoms with Crippen molar-refractivity contribution >= 4 is 11.6 Å². The minimum Gasteiger partial charge on any atom is -0.506 e. The Balaban J connectivity index is 1.59. The molecule has 0 radical (unpaired) electrons. The number of aromatic nitrogens is 2. The van der Waals surface area contributed by atoms with E-state index in [1.54, 1.807) is 30.5 Å². The van der Waals surface area contributed by atoms with Crippen molar-refractivity contribution in [3.8, 4) is 17.3 Å². The molecule has 2 N–H and O–H groups in total. The summed E-state index contributed by atoms with van der Waals surface area (Å²) in [6.07, 6.45) is 2.22. The Kier molecular flexibility index (Phi) is 4.07. The first-order valence-corrected chi connectivity index (χ1v) is 8.34. The number of furan rings is 1. The van der Waals surface area contributed by atoms with Crippen LogP contribution in [-0.2, 0) is 19.5 Å². The van der Waals surface area contributed by atoms with Gasteiger partial charge in [0.1, 0.15) is 5.75 Å². The molecule has 0 amide bonds. The summed E-state index contributed by atoms with van der Waals surface area (Å²) < 4.78 is 5.31. The maximum absolute atomic E-state index is 12.5. The molecule has 1 aromatic carbocycles. The third kappa shape index (κ3) is 3.06. The van der Waals surface area contributed by atoms with Crippen molar-refractivity contribution in [3.05, 3.63) is 68.8 Å². The Bertz CT molecular complexity index is 966. The maximum Gasteiger partial charge on any atom is 0.256 e. The number of H-pyrrole nitrogens is 1. The number of nitrogens with one attached hydrogen (secondary N) is 1. The molecule has 1 aliphatic heterocycles. The van der Waals surface area contributed by atoms with Crippen LogP contribution in [0.25, 0.3) is 11.6 Å². The molecule has 1 aliphatic rings. The van der Waals surface area contributed by atoms with E-state index in [9.17, 15) is 9.90 Å². The lowest BCUT2D eigenvalue weighted by molar-refractivity contribution is 0.241. The zero-order chi connectivity index (χ0) is 17.4. The Morgan fingerprint density at radius 3 is 3.00 bits per heavy atom. The number of hydrogen-bond acceptors (Lipinski definition) is 5. The van der Waals surface area contributed by atoms with Gasteiger partial charge in [-0.1, -0.05) is 23.7 Å². The van der Waals surface area contributed by atoms with Crippen molar-refractivity contribution in [2.45, 2.75) is 19.5 Å². The summed E-state index contributed by atoms with van der Waals surface area (Å²) in [7, 11) is 0. The maximum atomic E-state index is 12.5. The highest BCUT2D eigenvalue weighted by atomic mass is 35.5. The summed E-state index contributed by atoms with van der Waals surface area (Å²) in [5.41, 5.74) is 2.15. The second-order valence-electron chi connectivity index (χ2n) is 6.03. The molecule has 0 aliphatic carbocycles. The van der Waals surface area contributed by atoms with Gasteiger partial charge in [-0.05, 0) is 23.8 Å². The molecule has 128 valence electrons. The van der Waals surface area contributed by atoms with Gasteiger partial charge in [0.25, 0.3) is 5.56 Å². The van der Waals surface area contributed by atoms with Gasteiger partial charge in [0.2, 0.25) is 0 Å². The third-order valence-corrected chi connectivity index (χ3v) is 4.79. The van der Waals surface area contributed by atoms with E-state index < -0.39 is 0 Å². The third-order valence-electron chi connectivity index (χ3n) is 4.35. The number of nitrogens with zero attached hydrogens (tertiary/aromatic N) is 2. The first-order chi connectivity index (χ1) is 12.1. The number of phenols is 1. The number of fused-ring (bicyclic) bond motifs is 1. The van der Waals surface area contributed by atoms with E-state index in [0.717, 1.165) is 17.8 Å². The minimum atomic E-state index is -0.150. The van der Waals surface area contributed by atoms with E-state index in [-0.39, 0.29) is 11.3 Å². The van der Waals surface area contributed by atoms with Crippen LogP contribution in [-0.4, -0.2) is 26.5 Å². The van der Waals surface area contributed by atoms with Crippen molar-refractivity contribution < 1.29 is 9.52 Å². The second kappa shape index (κ2) is 6.38. The van der Waals surface area contributed by atoms with Gasteiger partial charge >= 0.3 is 0 Å². The van der Waals surface area contributed by atoms with Crippen molar-refractivity contribution in [1.29, 1.82) is 0 Å². The lowest BCUT2D eigenvalue weighted by Crippen LogP contribution is -2.35. The van der Waals surface area contributed by atoms with Crippen LogP contribution in [0.2, 0.25) is 5.02 Å². The first-order valence-electron chi connectivity index (χ1n) is 7.96. The highest BCUT2D eigenvalue weighted by molar-refractivity contribution is 6.32. The lowest BCUT2D eigenvalue weighted by atomic mass is 10.1. The molecule has 3 heterocycles. The fraction of sp³-hybridized carbons (Fsp3) is 0.222. The Labute approximate surface area is 148 Å². The van der Waals surface area contributed by atoms with Crippen LogP contribution in [0.4, 0.5) is 0 Å².